The minimum absolute atomic E-state index is 0.0623. The number of aryl methyl sites for hydroxylation is 2. The smallest absolute Gasteiger partial charge is 0.237 e. The molecule has 1 aromatic rings. The molecule has 0 aliphatic carbocycles. The Hall–Kier alpha value is -1.07. The molecule has 0 N–H and O–H groups in total. The van der Waals surface area contributed by atoms with Crippen molar-refractivity contribution in [2.75, 3.05) is 0 Å². The molecule has 0 aliphatic heterocycles. The van der Waals surface area contributed by atoms with E-state index in [4.69, 9.17) is 0 Å². The van der Waals surface area contributed by atoms with Gasteiger partial charge in [-0.05, 0) is 6.42 Å². The Balaban J connectivity index is 2.44. The fourth-order valence-corrected chi connectivity index (χ4v) is 1.08. The second-order valence-corrected chi connectivity index (χ2v) is 3.11. The molecule has 0 aliphatic rings. The quantitative estimate of drug-likeness (QED) is 0.688. The van der Waals surface area contributed by atoms with Crippen LogP contribution in [0.15, 0.2) is 12.7 Å². The zero-order valence-corrected chi connectivity index (χ0v) is 7.96. The Labute approximate surface area is 80.2 Å². The van der Waals surface area contributed by atoms with E-state index >= 15 is 0 Å². The molecule has 14 heavy (non-hydrogen) atoms. The van der Waals surface area contributed by atoms with Crippen LogP contribution in [-0.2, 0) is 13.1 Å². The number of nitrogens with zero attached hydrogens (tertiary/aromatic N) is 3. The Morgan fingerprint density at radius 2 is 2.14 bits per heavy atom. The topological polar surface area (TPSA) is 21.7 Å². The van der Waals surface area contributed by atoms with Gasteiger partial charge in [0.15, 0.2) is 0 Å². The molecule has 0 aromatic carbocycles. The highest BCUT2D eigenvalue weighted by Crippen LogP contribution is 2.18. The van der Waals surface area contributed by atoms with Crippen molar-refractivity contribution in [1.82, 2.24) is 9.78 Å². The van der Waals surface area contributed by atoms with Crippen molar-refractivity contribution >= 4 is 0 Å². The molecule has 0 unspecified atom stereocenters. The maximum absolute atomic E-state index is 11.9. The van der Waals surface area contributed by atoms with E-state index in [1.165, 1.54) is 10.9 Å². The molecular formula is C8H13F3N3+. The van der Waals surface area contributed by atoms with Gasteiger partial charge in [-0.1, -0.05) is 6.92 Å². The van der Waals surface area contributed by atoms with Gasteiger partial charge in [0.25, 0.3) is 6.33 Å². The summed E-state index contributed by atoms with van der Waals surface area (Å²) in [7, 11) is 0. The van der Waals surface area contributed by atoms with Crippen LogP contribution in [0.25, 0.3) is 0 Å². The molecule has 0 radical (unpaired) electrons. The first-order chi connectivity index (χ1) is 6.51. The number of hydrogen-bond donors (Lipinski definition) is 0. The molecular weight excluding hydrogens is 195 g/mol. The molecule has 0 fully saturated rings. The molecule has 80 valence electrons. The van der Waals surface area contributed by atoms with Gasteiger partial charge in [-0.25, -0.2) is 4.57 Å². The molecule has 3 nitrogen and oxygen atoms in total. The minimum atomic E-state index is -4.10. The number of halogens is 3. The van der Waals surface area contributed by atoms with Crippen molar-refractivity contribution in [2.45, 2.75) is 39.0 Å². The van der Waals surface area contributed by atoms with Gasteiger partial charge in [0.1, 0.15) is 6.54 Å². The highest BCUT2D eigenvalue weighted by Gasteiger charge is 2.27. The van der Waals surface area contributed by atoms with E-state index in [1.807, 2.05) is 6.92 Å². The van der Waals surface area contributed by atoms with Crippen molar-refractivity contribution in [3.8, 4) is 0 Å². The summed E-state index contributed by atoms with van der Waals surface area (Å²) in [6.45, 7) is 2.66. The van der Waals surface area contributed by atoms with Crippen molar-refractivity contribution in [3.05, 3.63) is 12.7 Å². The average Bonchev–Trinajstić information content (AvgIpc) is 2.49. The molecule has 0 saturated heterocycles. The highest BCUT2D eigenvalue weighted by atomic mass is 19.4. The van der Waals surface area contributed by atoms with E-state index in [0.29, 0.717) is 0 Å². The van der Waals surface area contributed by atoms with Gasteiger partial charge in [0.05, 0.1) is 13.0 Å². The second kappa shape index (κ2) is 4.43. The SMILES string of the molecule is CCCn1c[n+](CCC(F)(F)F)cn1. The van der Waals surface area contributed by atoms with E-state index in [2.05, 4.69) is 5.10 Å². The first-order valence-corrected chi connectivity index (χ1v) is 4.49. The first-order valence-electron chi connectivity index (χ1n) is 4.49. The predicted molar refractivity (Wildman–Crippen MR) is 43.4 cm³/mol. The summed E-state index contributed by atoms with van der Waals surface area (Å²) in [4.78, 5) is 0. The molecule has 1 heterocycles. The lowest BCUT2D eigenvalue weighted by Gasteiger charge is -2.02. The highest BCUT2D eigenvalue weighted by molar-refractivity contribution is 4.48. The fourth-order valence-electron chi connectivity index (χ4n) is 1.08. The Bertz CT molecular complexity index is 280. The van der Waals surface area contributed by atoms with Crippen molar-refractivity contribution in [1.29, 1.82) is 0 Å². The molecule has 0 spiro atoms. The van der Waals surface area contributed by atoms with Gasteiger partial charge in [0, 0.05) is 5.10 Å². The van der Waals surface area contributed by atoms with Gasteiger partial charge in [-0.3, -0.25) is 0 Å². The number of hydrogen-bond acceptors (Lipinski definition) is 1. The van der Waals surface area contributed by atoms with Crippen LogP contribution in [0.4, 0.5) is 13.2 Å². The third-order valence-electron chi connectivity index (χ3n) is 1.74. The van der Waals surface area contributed by atoms with Crippen LogP contribution in [0.1, 0.15) is 19.8 Å². The molecule has 6 heteroatoms. The normalized spacial score (nSPS) is 12.0. The van der Waals surface area contributed by atoms with Crippen molar-refractivity contribution in [3.63, 3.8) is 0 Å². The molecule has 0 bridgehead atoms. The van der Waals surface area contributed by atoms with Crippen LogP contribution in [-0.4, -0.2) is 16.0 Å². The van der Waals surface area contributed by atoms with Crippen LogP contribution in [0, 0.1) is 0 Å². The molecule has 0 amide bonds. The number of rotatable bonds is 4. The van der Waals surface area contributed by atoms with Gasteiger partial charge < -0.3 is 0 Å². The summed E-state index contributed by atoms with van der Waals surface area (Å²) in [6.07, 6.45) is -0.979. The van der Waals surface area contributed by atoms with Crippen LogP contribution in [0.5, 0.6) is 0 Å². The first kappa shape index (κ1) is 11.0. The lowest BCUT2D eigenvalue weighted by Crippen LogP contribution is -2.33. The van der Waals surface area contributed by atoms with Crippen LogP contribution in [0.2, 0.25) is 0 Å². The molecule has 0 atom stereocenters. The van der Waals surface area contributed by atoms with Crippen LogP contribution < -0.4 is 4.57 Å². The van der Waals surface area contributed by atoms with Crippen LogP contribution in [0.3, 0.4) is 0 Å². The summed E-state index contributed by atoms with van der Waals surface area (Å²) in [5.41, 5.74) is 0. The average molecular weight is 208 g/mol. The second-order valence-electron chi connectivity index (χ2n) is 3.11. The van der Waals surface area contributed by atoms with E-state index in [1.54, 1.807) is 11.0 Å². The van der Waals surface area contributed by atoms with Gasteiger partial charge in [0.2, 0.25) is 6.33 Å². The molecule has 1 aromatic heterocycles. The number of alkyl halides is 3. The fraction of sp³-hybridized carbons (Fsp3) is 0.750. The van der Waals surface area contributed by atoms with Gasteiger partial charge >= 0.3 is 6.18 Å². The largest absolute Gasteiger partial charge is 0.392 e. The van der Waals surface area contributed by atoms with E-state index < -0.39 is 12.6 Å². The maximum atomic E-state index is 11.9. The Morgan fingerprint density at radius 1 is 1.43 bits per heavy atom. The zero-order chi connectivity index (χ0) is 10.6. The Kier molecular flexibility index (Phi) is 3.49. The molecule has 0 saturated carbocycles. The van der Waals surface area contributed by atoms with Gasteiger partial charge in [-0.2, -0.15) is 13.2 Å². The third kappa shape index (κ3) is 3.76. The lowest BCUT2D eigenvalue weighted by atomic mass is 10.4. The minimum Gasteiger partial charge on any atom is -0.237 e. The van der Waals surface area contributed by atoms with Crippen molar-refractivity contribution < 1.29 is 17.7 Å². The van der Waals surface area contributed by atoms with Gasteiger partial charge in [-0.15, -0.1) is 4.68 Å². The summed E-state index contributed by atoms with van der Waals surface area (Å²) in [6, 6.07) is 0. The number of aromatic nitrogens is 3. The lowest BCUT2D eigenvalue weighted by molar-refractivity contribution is -0.700. The predicted octanol–water partition coefficient (Wildman–Crippen LogP) is 1.53. The maximum Gasteiger partial charge on any atom is 0.392 e. The van der Waals surface area contributed by atoms with Crippen molar-refractivity contribution in [2.24, 2.45) is 0 Å². The monoisotopic (exact) mass is 208 g/mol. The standard InChI is InChI=1S/C8H13F3N3/c1-2-4-14-7-13(6-12-14)5-3-8(9,10)11/h6-7H,2-5H2,1H3/q+1. The summed E-state index contributed by atoms with van der Waals surface area (Å²) >= 11 is 0. The Morgan fingerprint density at radius 3 is 2.71 bits per heavy atom. The van der Waals surface area contributed by atoms with E-state index in [0.717, 1.165) is 13.0 Å². The summed E-state index contributed by atoms with van der Waals surface area (Å²) in [5, 5.41) is 3.92. The molecule has 1 rings (SSSR count). The van der Waals surface area contributed by atoms with E-state index in [-0.39, 0.29) is 6.54 Å². The zero-order valence-electron chi connectivity index (χ0n) is 7.96. The third-order valence-corrected chi connectivity index (χ3v) is 1.74. The van der Waals surface area contributed by atoms with E-state index in [9.17, 15) is 13.2 Å². The van der Waals surface area contributed by atoms with Crippen LogP contribution >= 0.6 is 0 Å². The summed E-state index contributed by atoms with van der Waals surface area (Å²) < 4.78 is 38.6. The summed E-state index contributed by atoms with van der Waals surface area (Å²) in [5.74, 6) is 0.